The van der Waals surface area contributed by atoms with Gasteiger partial charge in [0.25, 0.3) is 0 Å². The molecule has 3 rings (SSSR count). The van der Waals surface area contributed by atoms with E-state index in [1.54, 1.807) is 17.6 Å². The zero-order valence-corrected chi connectivity index (χ0v) is 17.0. The summed E-state index contributed by atoms with van der Waals surface area (Å²) in [6.45, 7) is 4.66. The zero-order valence-electron chi connectivity index (χ0n) is 14.1. The summed E-state index contributed by atoms with van der Waals surface area (Å²) >= 11 is 1.38. The van der Waals surface area contributed by atoms with Gasteiger partial charge in [-0.05, 0) is 0 Å². The summed E-state index contributed by atoms with van der Waals surface area (Å²) in [5, 5.41) is 8.75. The molecule has 5 heteroatoms. The number of hydrogen-bond acceptors (Lipinski definition) is 3. The second kappa shape index (κ2) is 8.22. The van der Waals surface area contributed by atoms with Crippen molar-refractivity contribution in [3.8, 4) is 0 Å². The van der Waals surface area contributed by atoms with E-state index in [0.29, 0.717) is 12.1 Å². The number of hydrogen-bond donors (Lipinski definition) is 2. The van der Waals surface area contributed by atoms with Gasteiger partial charge in [0, 0.05) is 0 Å². The summed E-state index contributed by atoms with van der Waals surface area (Å²) in [5.41, 5.74) is 7.58. The molecule has 4 nitrogen and oxygen atoms in total. The van der Waals surface area contributed by atoms with Crippen LogP contribution in [0.3, 0.4) is 0 Å². The Balaban J connectivity index is 2.01. The SMILES string of the molecule is C=CC1=C([CH]=[W])C=Cc2ccccc2N1Cc1ccc(C(=O)NO)cc1. The van der Waals surface area contributed by atoms with E-state index in [9.17, 15) is 4.79 Å². The van der Waals surface area contributed by atoms with E-state index in [0.717, 1.165) is 28.1 Å². The van der Waals surface area contributed by atoms with Crippen molar-refractivity contribution in [1.29, 1.82) is 0 Å². The Morgan fingerprint density at radius 3 is 2.54 bits per heavy atom. The fraction of sp³-hybridized carbons (Fsp3) is 0.0476. The Kier molecular flexibility index (Phi) is 5.77. The number of fused-ring (bicyclic) bond motifs is 1. The van der Waals surface area contributed by atoms with E-state index >= 15 is 0 Å². The Hall–Kier alpha value is -2.55. The molecule has 0 saturated heterocycles. The van der Waals surface area contributed by atoms with Crippen molar-refractivity contribution in [2.24, 2.45) is 0 Å². The van der Waals surface area contributed by atoms with E-state index < -0.39 is 5.91 Å². The number of benzene rings is 2. The van der Waals surface area contributed by atoms with Crippen molar-refractivity contribution in [3.63, 3.8) is 0 Å². The summed E-state index contributed by atoms with van der Waals surface area (Å²) in [6, 6.07) is 15.5. The van der Waals surface area contributed by atoms with Crippen LogP contribution in [0.2, 0.25) is 0 Å². The van der Waals surface area contributed by atoms with Gasteiger partial charge in [0.05, 0.1) is 0 Å². The van der Waals surface area contributed by atoms with Crippen LogP contribution in [-0.2, 0) is 25.9 Å². The van der Waals surface area contributed by atoms with Crippen molar-refractivity contribution in [2.75, 3.05) is 4.90 Å². The number of anilines is 1. The standard InChI is InChI=1S/C21H18N2O2.W/c1-3-19-15(2)8-11-17-6-4-5-7-20(17)23(19)14-16-9-12-18(13-10-16)21(24)22-25;/h2-13,25H,1,14H2,(H,22,24);. The van der Waals surface area contributed by atoms with E-state index in [2.05, 4.69) is 40.2 Å². The summed E-state index contributed by atoms with van der Waals surface area (Å²) < 4.78 is 2.15. The molecule has 0 radical (unpaired) electrons. The first kappa shape index (κ1) is 18.2. The Morgan fingerprint density at radius 2 is 1.88 bits per heavy atom. The maximum absolute atomic E-state index is 11.5. The fourth-order valence-electron chi connectivity index (χ4n) is 2.93. The van der Waals surface area contributed by atoms with Crippen molar-refractivity contribution < 1.29 is 29.4 Å². The first-order valence-corrected chi connectivity index (χ1v) is 9.77. The molecule has 0 aromatic heterocycles. The molecule has 0 saturated carbocycles. The monoisotopic (exact) mass is 514 g/mol. The maximum atomic E-state index is 11.5. The van der Waals surface area contributed by atoms with Crippen molar-refractivity contribution in [1.82, 2.24) is 5.48 Å². The Labute approximate surface area is 163 Å². The van der Waals surface area contributed by atoms with Gasteiger partial charge in [0.1, 0.15) is 0 Å². The van der Waals surface area contributed by atoms with Gasteiger partial charge in [0.2, 0.25) is 0 Å². The number of carbonyl (C=O) groups excluding carboxylic acids is 1. The topological polar surface area (TPSA) is 52.6 Å². The van der Waals surface area contributed by atoms with Crippen LogP contribution in [0, 0.1) is 0 Å². The molecule has 2 aromatic rings. The molecule has 2 aromatic carbocycles. The first-order valence-electron chi connectivity index (χ1n) is 8.08. The van der Waals surface area contributed by atoms with Crippen LogP contribution >= 0.6 is 0 Å². The second-order valence-corrected chi connectivity index (χ2v) is 6.63. The Bertz CT molecular complexity index is 914. The molecule has 0 atom stereocenters. The van der Waals surface area contributed by atoms with Crippen LogP contribution in [0.4, 0.5) is 5.69 Å². The first-order chi connectivity index (χ1) is 12.7. The molecule has 1 aliphatic heterocycles. The third-order valence-electron chi connectivity index (χ3n) is 4.24. The minimum atomic E-state index is -0.515. The number of nitrogens with one attached hydrogen (secondary N) is 1. The predicted molar refractivity (Wildman–Crippen MR) is 101 cm³/mol. The molecule has 0 bridgehead atoms. The van der Waals surface area contributed by atoms with Crippen LogP contribution in [-0.4, -0.2) is 15.5 Å². The third-order valence-corrected chi connectivity index (χ3v) is 5.15. The van der Waals surface area contributed by atoms with Gasteiger partial charge in [-0.2, -0.15) is 0 Å². The number of allylic oxidation sites excluding steroid dienone is 3. The van der Waals surface area contributed by atoms with Gasteiger partial charge in [-0.25, -0.2) is 0 Å². The van der Waals surface area contributed by atoms with E-state index in [-0.39, 0.29) is 0 Å². The Morgan fingerprint density at radius 1 is 1.15 bits per heavy atom. The molecule has 0 aliphatic carbocycles. The van der Waals surface area contributed by atoms with E-state index in [1.807, 2.05) is 30.3 Å². The molecule has 0 unspecified atom stereocenters. The van der Waals surface area contributed by atoms with Crippen LogP contribution < -0.4 is 10.4 Å². The summed E-state index contributed by atoms with van der Waals surface area (Å²) in [5.74, 6) is -0.515. The van der Waals surface area contributed by atoms with Gasteiger partial charge in [-0.3, -0.25) is 0 Å². The van der Waals surface area contributed by atoms with Gasteiger partial charge in [-0.15, -0.1) is 0 Å². The molecule has 130 valence electrons. The van der Waals surface area contributed by atoms with Gasteiger partial charge >= 0.3 is 164 Å². The van der Waals surface area contributed by atoms with Crippen LogP contribution in [0.5, 0.6) is 0 Å². The molecule has 1 aliphatic rings. The van der Waals surface area contributed by atoms with Crippen molar-refractivity contribution in [2.45, 2.75) is 6.54 Å². The molecule has 0 fully saturated rings. The number of rotatable bonds is 5. The van der Waals surface area contributed by atoms with Crippen LogP contribution in [0.1, 0.15) is 21.5 Å². The third kappa shape index (κ3) is 3.67. The molecule has 1 amide bonds. The fourth-order valence-corrected chi connectivity index (χ4v) is 3.65. The zero-order chi connectivity index (χ0) is 18.5. The second-order valence-electron chi connectivity index (χ2n) is 5.78. The number of hydroxylamine groups is 1. The molecule has 26 heavy (non-hydrogen) atoms. The number of para-hydroxylation sites is 1. The van der Waals surface area contributed by atoms with Crippen LogP contribution in [0.15, 0.2) is 78.5 Å². The quantitative estimate of drug-likeness (QED) is 0.474. The van der Waals surface area contributed by atoms with Crippen molar-refractivity contribution >= 4 is 22.1 Å². The molecule has 1 heterocycles. The predicted octanol–water partition coefficient (Wildman–Crippen LogP) is 3.63. The summed E-state index contributed by atoms with van der Waals surface area (Å²) in [6.07, 6.45) is 6.13. The molecule has 2 N–H and O–H groups in total. The van der Waals surface area contributed by atoms with Crippen LogP contribution in [0.25, 0.3) is 6.08 Å². The van der Waals surface area contributed by atoms with Gasteiger partial charge in [0.15, 0.2) is 0 Å². The molecule has 0 spiro atoms. The number of amides is 1. The normalized spacial score (nSPS) is 13.0. The van der Waals surface area contributed by atoms with E-state index in [4.69, 9.17) is 5.21 Å². The summed E-state index contributed by atoms with van der Waals surface area (Å²) in [7, 11) is 0. The summed E-state index contributed by atoms with van der Waals surface area (Å²) in [4.78, 5) is 13.7. The average Bonchev–Trinajstić information content (AvgIpc) is 2.84. The average molecular weight is 514 g/mol. The van der Waals surface area contributed by atoms with E-state index in [1.165, 1.54) is 19.4 Å². The number of nitrogens with zero attached hydrogens (tertiary/aromatic N) is 1. The minimum absolute atomic E-state index is 0.417. The molecular formula is C21H18N2O2W. The van der Waals surface area contributed by atoms with Gasteiger partial charge in [-0.1, -0.05) is 0 Å². The molecular weight excluding hydrogens is 496 g/mol. The number of carbonyl (C=O) groups is 1. The van der Waals surface area contributed by atoms with Gasteiger partial charge < -0.3 is 0 Å². The van der Waals surface area contributed by atoms with Crippen molar-refractivity contribution in [3.05, 3.63) is 95.2 Å².